The Morgan fingerprint density at radius 1 is 1.00 bits per heavy atom. The highest BCUT2D eigenvalue weighted by molar-refractivity contribution is 6.30. The summed E-state index contributed by atoms with van der Waals surface area (Å²) in [7, 11) is 1.57. The number of nitrogens with two attached hydrogens (primary N) is 1. The van der Waals surface area contributed by atoms with Crippen molar-refractivity contribution in [3.05, 3.63) is 52.5 Å². The summed E-state index contributed by atoms with van der Waals surface area (Å²) in [4.78, 5) is 17.4. The number of rotatable bonds is 5. The number of hydrogen-bond donors (Lipinski definition) is 1. The Bertz CT molecular complexity index is 951. The second-order valence-corrected chi connectivity index (χ2v) is 9.18. The highest BCUT2D eigenvalue weighted by Crippen LogP contribution is 2.28. The first-order valence-electron chi connectivity index (χ1n) is 11.3. The van der Waals surface area contributed by atoms with Crippen molar-refractivity contribution in [2.24, 2.45) is 0 Å². The number of aryl methyl sites for hydroxylation is 1. The van der Waals surface area contributed by atoms with Crippen LogP contribution in [0.4, 0.5) is 5.69 Å². The first-order valence-corrected chi connectivity index (χ1v) is 11.7. The summed E-state index contributed by atoms with van der Waals surface area (Å²) < 4.78 is 11.5. The van der Waals surface area contributed by atoms with Gasteiger partial charge in [-0.25, -0.2) is 0 Å². The number of hydrogen-bond acceptors (Lipinski definition) is 5. The molecule has 2 N–H and O–H groups in total. The lowest BCUT2D eigenvalue weighted by atomic mass is 9.98. The number of piperidine rings is 2. The Hall–Kier alpha value is -2.44. The zero-order valence-corrected chi connectivity index (χ0v) is 19.6. The molecular formula is C25H32ClN3O3. The van der Waals surface area contributed by atoms with Crippen molar-refractivity contribution >= 4 is 23.2 Å². The number of benzene rings is 2. The number of nitrogens with zero attached hydrogens (tertiary/aromatic N) is 2. The van der Waals surface area contributed by atoms with E-state index in [-0.39, 0.29) is 12.0 Å². The van der Waals surface area contributed by atoms with Crippen LogP contribution in [0.2, 0.25) is 5.02 Å². The molecule has 32 heavy (non-hydrogen) atoms. The van der Waals surface area contributed by atoms with Gasteiger partial charge in [0.05, 0.1) is 12.8 Å². The van der Waals surface area contributed by atoms with Gasteiger partial charge < -0.3 is 20.1 Å². The van der Waals surface area contributed by atoms with E-state index in [1.165, 1.54) is 0 Å². The maximum atomic E-state index is 12.9. The highest BCUT2D eigenvalue weighted by atomic mass is 35.5. The van der Waals surface area contributed by atoms with Crippen LogP contribution >= 0.6 is 11.6 Å². The van der Waals surface area contributed by atoms with Gasteiger partial charge in [0.1, 0.15) is 17.6 Å². The van der Waals surface area contributed by atoms with Gasteiger partial charge >= 0.3 is 0 Å². The van der Waals surface area contributed by atoms with Crippen molar-refractivity contribution in [1.29, 1.82) is 0 Å². The second kappa shape index (κ2) is 10.0. The summed E-state index contributed by atoms with van der Waals surface area (Å²) in [6.07, 6.45) is 4.28. The van der Waals surface area contributed by atoms with Crippen molar-refractivity contribution in [3.63, 3.8) is 0 Å². The summed E-state index contributed by atoms with van der Waals surface area (Å²) in [5.41, 5.74) is 8.13. The average Bonchev–Trinajstić information content (AvgIpc) is 2.81. The maximum Gasteiger partial charge on any atom is 0.253 e. The molecule has 0 saturated carbocycles. The van der Waals surface area contributed by atoms with E-state index in [9.17, 15) is 4.79 Å². The molecule has 0 bridgehead atoms. The van der Waals surface area contributed by atoms with Gasteiger partial charge in [-0.15, -0.1) is 0 Å². The quantitative estimate of drug-likeness (QED) is 0.674. The molecule has 0 aliphatic carbocycles. The summed E-state index contributed by atoms with van der Waals surface area (Å²) >= 11 is 6.05. The number of likely N-dealkylation sites (tertiary alicyclic amines) is 2. The second-order valence-electron chi connectivity index (χ2n) is 8.74. The molecule has 2 saturated heterocycles. The Kier molecular flexibility index (Phi) is 7.11. The third-order valence-corrected chi connectivity index (χ3v) is 6.89. The lowest BCUT2D eigenvalue weighted by Gasteiger charge is -2.41. The third-order valence-electron chi connectivity index (χ3n) is 6.66. The van der Waals surface area contributed by atoms with Crippen LogP contribution in [0.5, 0.6) is 11.5 Å². The first kappa shape index (κ1) is 22.7. The number of methoxy groups -OCH3 is 1. The topological polar surface area (TPSA) is 68.0 Å². The number of amides is 1. The molecule has 0 radical (unpaired) electrons. The van der Waals surface area contributed by atoms with Crippen LogP contribution in [-0.2, 0) is 0 Å². The molecule has 4 rings (SSSR count). The normalized spacial score (nSPS) is 18.5. The monoisotopic (exact) mass is 457 g/mol. The van der Waals surface area contributed by atoms with E-state index < -0.39 is 0 Å². The van der Waals surface area contributed by atoms with Crippen LogP contribution < -0.4 is 15.2 Å². The van der Waals surface area contributed by atoms with Gasteiger partial charge in [0.15, 0.2) is 0 Å². The standard InChI is InChI=1S/C25H32ClN3O3/c1-17-15-19(26)4-6-23(17)32-21-9-13-28(14-10-21)20-7-11-29(12-8-20)25(30)18-3-5-22(27)24(16-18)31-2/h3-6,15-16,20-21H,7-14,27H2,1-2H3. The number of anilines is 1. The lowest BCUT2D eigenvalue weighted by Crippen LogP contribution is -2.50. The van der Waals surface area contributed by atoms with Crippen LogP contribution in [-0.4, -0.2) is 61.1 Å². The van der Waals surface area contributed by atoms with E-state index in [0.717, 1.165) is 68.2 Å². The Morgan fingerprint density at radius 3 is 2.38 bits per heavy atom. The summed E-state index contributed by atoms with van der Waals surface area (Å²) in [6, 6.07) is 11.6. The van der Waals surface area contributed by atoms with Gasteiger partial charge in [0.2, 0.25) is 0 Å². The largest absolute Gasteiger partial charge is 0.495 e. The SMILES string of the molecule is COc1cc(C(=O)N2CCC(N3CCC(Oc4ccc(Cl)cc4C)CC3)CC2)ccc1N. The van der Waals surface area contributed by atoms with Crippen LogP contribution in [0.25, 0.3) is 0 Å². The minimum Gasteiger partial charge on any atom is -0.495 e. The zero-order valence-electron chi connectivity index (χ0n) is 18.9. The Labute approximate surface area is 195 Å². The molecule has 172 valence electrons. The summed E-state index contributed by atoms with van der Waals surface area (Å²) in [5, 5.41) is 0.741. The molecule has 0 spiro atoms. The molecule has 2 aromatic carbocycles. The van der Waals surface area contributed by atoms with Gasteiger partial charge in [-0.3, -0.25) is 9.69 Å². The molecule has 0 aromatic heterocycles. The van der Waals surface area contributed by atoms with Crippen LogP contribution in [0.3, 0.4) is 0 Å². The lowest BCUT2D eigenvalue weighted by molar-refractivity contribution is 0.0424. The fourth-order valence-electron chi connectivity index (χ4n) is 4.74. The van der Waals surface area contributed by atoms with E-state index in [0.29, 0.717) is 23.0 Å². The predicted octanol–water partition coefficient (Wildman–Crippen LogP) is 4.39. The van der Waals surface area contributed by atoms with Crippen molar-refractivity contribution in [3.8, 4) is 11.5 Å². The fourth-order valence-corrected chi connectivity index (χ4v) is 4.97. The van der Waals surface area contributed by atoms with E-state index in [1.807, 2.05) is 30.0 Å². The van der Waals surface area contributed by atoms with Gasteiger partial charge in [0, 0.05) is 42.8 Å². The van der Waals surface area contributed by atoms with E-state index >= 15 is 0 Å². The van der Waals surface area contributed by atoms with Gasteiger partial charge in [-0.1, -0.05) is 11.6 Å². The van der Waals surface area contributed by atoms with Crippen molar-refractivity contribution < 1.29 is 14.3 Å². The maximum absolute atomic E-state index is 12.9. The van der Waals surface area contributed by atoms with Crippen LogP contribution in [0.15, 0.2) is 36.4 Å². The fraction of sp³-hybridized carbons (Fsp3) is 0.480. The van der Waals surface area contributed by atoms with E-state index in [4.69, 9.17) is 26.8 Å². The molecular weight excluding hydrogens is 426 g/mol. The van der Waals surface area contributed by atoms with Gasteiger partial charge in [-0.2, -0.15) is 0 Å². The molecule has 2 aliphatic rings. The van der Waals surface area contributed by atoms with E-state index in [2.05, 4.69) is 4.90 Å². The number of carbonyl (C=O) groups excluding carboxylic acids is 1. The smallest absolute Gasteiger partial charge is 0.253 e. The average molecular weight is 458 g/mol. The number of nitrogen functional groups attached to an aromatic ring is 1. The zero-order chi connectivity index (χ0) is 22.7. The highest BCUT2D eigenvalue weighted by Gasteiger charge is 2.30. The number of carbonyl (C=O) groups is 1. The molecule has 1 amide bonds. The summed E-state index contributed by atoms with van der Waals surface area (Å²) in [6.45, 7) is 5.65. The minimum absolute atomic E-state index is 0.0483. The van der Waals surface area contributed by atoms with Gasteiger partial charge in [0.25, 0.3) is 5.91 Å². The molecule has 0 unspecified atom stereocenters. The Balaban J connectivity index is 1.26. The van der Waals surface area contributed by atoms with Crippen LogP contribution in [0, 0.1) is 6.92 Å². The van der Waals surface area contributed by atoms with Crippen molar-refractivity contribution in [2.45, 2.75) is 44.8 Å². The van der Waals surface area contributed by atoms with Gasteiger partial charge in [-0.05, 0) is 74.6 Å². The number of halogens is 1. The molecule has 2 heterocycles. The van der Waals surface area contributed by atoms with Crippen molar-refractivity contribution in [2.75, 3.05) is 39.0 Å². The van der Waals surface area contributed by atoms with Crippen molar-refractivity contribution in [1.82, 2.24) is 9.80 Å². The molecule has 2 aromatic rings. The predicted molar refractivity (Wildman–Crippen MR) is 128 cm³/mol. The summed E-state index contributed by atoms with van der Waals surface area (Å²) in [5.74, 6) is 1.52. The third kappa shape index (κ3) is 5.13. The molecule has 2 aliphatic heterocycles. The molecule has 2 fully saturated rings. The minimum atomic E-state index is 0.0483. The molecule has 6 nitrogen and oxygen atoms in total. The molecule has 7 heteroatoms. The molecule has 0 atom stereocenters. The van der Waals surface area contributed by atoms with E-state index in [1.54, 1.807) is 25.3 Å². The van der Waals surface area contributed by atoms with Crippen LogP contribution in [0.1, 0.15) is 41.6 Å². The number of ether oxygens (including phenoxy) is 2. The Morgan fingerprint density at radius 2 is 1.72 bits per heavy atom. The first-order chi connectivity index (χ1) is 15.4.